The van der Waals surface area contributed by atoms with Gasteiger partial charge < -0.3 is 5.73 Å². The van der Waals surface area contributed by atoms with Crippen LogP contribution in [0.1, 0.15) is 34.1 Å². The van der Waals surface area contributed by atoms with Crippen LogP contribution in [0.3, 0.4) is 0 Å². The summed E-state index contributed by atoms with van der Waals surface area (Å²) in [4.78, 5) is 0. The number of hydrogen-bond donors (Lipinski definition) is 2. The first kappa shape index (κ1) is 12.9. The second-order valence-electron chi connectivity index (χ2n) is 3.83. The number of rotatable bonds is 5. The van der Waals surface area contributed by atoms with Gasteiger partial charge in [0.2, 0.25) is 10.0 Å². The van der Waals surface area contributed by atoms with Gasteiger partial charge >= 0.3 is 0 Å². The van der Waals surface area contributed by atoms with Crippen molar-refractivity contribution in [1.82, 2.24) is 4.72 Å². The molecule has 2 atom stereocenters. The molecular weight excluding hydrogens is 188 g/mol. The molecular formula is C8H20N2O2S. The van der Waals surface area contributed by atoms with E-state index in [1.165, 1.54) is 0 Å². The van der Waals surface area contributed by atoms with Crippen molar-refractivity contribution in [3.63, 3.8) is 0 Å². The Hall–Kier alpha value is -0.130. The lowest BCUT2D eigenvalue weighted by atomic mass is 10.1. The molecule has 5 heteroatoms. The van der Waals surface area contributed by atoms with Crippen LogP contribution >= 0.6 is 0 Å². The molecule has 0 bridgehead atoms. The van der Waals surface area contributed by atoms with Crippen molar-refractivity contribution in [1.29, 1.82) is 0 Å². The molecule has 80 valence electrons. The van der Waals surface area contributed by atoms with Crippen LogP contribution in [0, 0.1) is 0 Å². The molecule has 0 aromatic heterocycles. The summed E-state index contributed by atoms with van der Waals surface area (Å²) in [5.74, 6) is 0. The quantitative estimate of drug-likeness (QED) is 0.688. The fourth-order valence-corrected chi connectivity index (χ4v) is 1.95. The van der Waals surface area contributed by atoms with Crippen molar-refractivity contribution in [3.8, 4) is 0 Å². The first-order chi connectivity index (χ1) is 5.75. The van der Waals surface area contributed by atoms with Crippen LogP contribution in [0.15, 0.2) is 0 Å². The fourth-order valence-electron chi connectivity index (χ4n) is 1.02. The van der Waals surface area contributed by atoms with E-state index in [-0.39, 0.29) is 17.3 Å². The van der Waals surface area contributed by atoms with Crippen molar-refractivity contribution in [2.45, 2.75) is 51.4 Å². The minimum atomic E-state index is -3.15. The molecule has 0 aliphatic rings. The van der Waals surface area contributed by atoms with Gasteiger partial charge in [-0.05, 0) is 34.1 Å². The Morgan fingerprint density at radius 2 is 1.69 bits per heavy atom. The Labute approximate surface area is 80.9 Å². The minimum Gasteiger partial charge on any atom is -0.328 e. The fraction of sp³-hybridized carbons (Fsp3) is 1.00. The van der Waals surface area contributed by atoms with E-state index in [0.29, 0.717) is 6.42 Å². The summed E-state index contributed by atoms with van der Waals surface area (Å²) < 4.78 is 25.3. The highest BCUT2D eigenvalue weighted by Crippen LogP contribution is 2.01. The predicted molar refractivity (Wildman–Crippen MR) is 54.9 cm³/mol. The van der Waals surface area contributed by atoms with Gasteiger partial charge in [0.15, 0.2) is 0 Å². The molecule has 0 aromatic rings. The third-order valence-electron chi connectivity index (χ3n) is 1.71. The van der Waals surface area contributed by atoms with E-state index in [0.717, 1.165) is 0 Å². The average molecular weight is 208 g/mol. The second kappa shape index (κ2) is 4.93. The van der Waals surface area contributed by atoms with Gasteiger partial charge in [-0.1, -0.05) is 0 Å². The minimum absolute atomic E-state index is 0.0184. The lowest BCUT2D eigenvalue weighted by Crippen LogP contribution is -2.39. The number of nitrogens with one attached hydrogen (secondary N) is 1. The monoisotopic (exact) mass is 208 g/mol. The van der Waals surface area contributed by atoms with Crippen LogP contribution in [-0.4, -0.2) is 25.8 Å². The molecule has 0 saturated carbocycles. The molecule has 0 aromatic carbocycles. The third kappa shape index (κ3) is 5.23. The van der Waals surface area contributed by atoms with E-state index >= 15 is 0 Å². The second-order valence-corrected chi connectivity index (χ2v) is 6.09. The van der Waals surface area contributed by atoms with Crippen LogP contribution in [-0.2, 0) is 10.0 Å². The van der Waals surface area contributed by atoms with Gasteiger partial charge in [-0.2, -0.15) is 0 Å². The lowest BCUT2D eigenvalue weighted by molar-refractivity contribution is 0.514. The van der Waals surface area contributed by atoms with Gasteiger partial charge in [0.1, 0.15) is 0 Å². The zero-order chi connectivity index (χ0) is 10.6. The molecule has 0 fully saturated rings. The van der Waals surface area contributed by atoms with Gasteiger partial charge in [0, 0.05) is 12.1 Å². The maximum absolute atomic E-state index is 11.4. The maximum Gasteiger partial charge on any atom is 0.214 e. The van der Waals surface area contributed by atoms with E-state index in [1.807, 2.05) is 13.8 Å². The molecule has 0 spiro atoms. The number of nitrogens with two attached hydrogens (primary N) is 1. The van der Waals surface area contributed by atoms with E-state index in [2.05, 4.69) is 4.72 Å². The van der Waals surface area contributed by atoms with Crippen molar-refractivity contribution in [2.75, 3.05) is 0 Å². The van der Waals surface area contributed by atoms with E-state index < -0.39 is 10.0 Å². The van der Waals surface area contributed by atoms with Gasteiger partial charge in [-0.25, -0.2) is 13.1 Å². The number of hydrogen-bond acceptors (Lipinski definition) is 3. The summed E-state index contributed by atoms with van der Waals surface area (Å²) in [5, 5.41) is -0.386. The molecule has 0 rings (SSSR count). The van der Waals surface area contributed by atoms with E-state index in [4.69, 9.17) is 5.73 Å². The zero-order valence-corrected chi connectivity index (χ0v) is 9.56. The highest BCUT2D eigenvalue weighted by Gasteiger charge is 2.18. The van der Waals surface area contributed by atoms with Gasteiger partial charge in [0.05, 0.1) is 5.25 Å². The summed E-state index contributed by atoms with van der Waals surface area (Å²) in [6.45, 7) is 6.99. The Morgan fingerprint density at radius 1 is 1.23 bits per heavy atom. The first-order valence-corrected chi connectivity index (χ1v) is 6.07. The van der Waals surface area contributed by atoms with E-state index in [1.54, 1.807) is 13.8 Å². The Bertz CT molecular complexity index is 235. The Kier molecular flexibility index (Phi) is 4.88. The largest absolute Gasteiger partial charge is 0.328 e. The smallest absolute Gasteiger partial charge is 0.214 e. The maximum atomic E-state index is 11.4. The third-order valence-corrected chi connectivity index (χ3v) is 3.68. The lowest BCUT2D eigenvalue weighted by Gasteiger charge is -2.17. The molecule has 0 aliphatic heterocycles. The number of sulfonamides is 1. The van der Waals surface area contributed by atoms with Gasteiger partial charge in [-0.15, -0.1) is 0 Å². The highest BCUT2D eigenvalue weighted by molar-refractivity contribution is 7.90. The first-order valence-electron chi connectivity index (χ1n) is 4.52. The zero-order valence-electron chi connectivity index (χ0n) is 8.74. The molecule has 0 radical (unpaired) electrons. The predicted octanol–water partition coefficient (Wildman–Crippen LogP) is 0.440. The van der Waals surface area contributed by atoms with Crippen LogP contribution in [0.5, 0.6) is 0 Å². The molecule has 2 unspecified atom stereocenters. The normalized spacial score (nSPS) is 17.4. The van der Waals surface area contributed by atoms with Crippen molar-refractivity contribution >= 4 is 10.0 Å². The summed E-state index contributed by atoms with van der Waals surface area (Å²) in [6.07, 6.45) is 0.659. The molecule has 3 N–H and O–H groups in total. The molecule has 13 heavy (non-hydrogen) atoms. The van der Waals surface area contributed by atoms with Crippen LogP contribution in [0.4, 0.5) is 0 Å². The highest BCUT2D eigenvalue weighted by atomic mass is 32.2. The van der Waals surface area contributed by atoms with Crippen LogP contribution < -0.4 is 10.5 Å². The van der Waals surface area contributed by atoms with Crippen molar-refractivity contribution in [2.24, 2.45) is 5.73 Å². The van der Waals surface area contributed by atoms with Crippen molar-refractivity contribution in [3.05, 3.63) is 0 Å². The van der Waals surface area contributed by atoms with Gasteiger partial charge in [0.25, 0.3) is 0 Å². The summed E-state index contributed by atoms with van der Waals surface area (Å²) in [5.41, 5.74) is 5.55. The molecule has 0 aliphatic carbocycles. The van der Waals surface area contributed by atoms with Gasteiger partial charge in [-0.3, -0.25) is 0 Å². The topological polar surface area (TPSA) is 72.2 Å². The molecule has 4 nitrogen and oxygen atoms in total. The van der Waals surface area contributed by atoms with E-state index in [9.17, 15) is 8.42 Å². The summed E-state index contributed by atoms with van der Waals surface area (Å²) >= 11 is 0. The summed E-state index contributed by atoms with van der Waals surface area (Å²) in [6, 6.07) is -0.0720. The molecule has 0 saturated heterocycles. The SMILES string of the molecule is CC(N)CC(C)NS(=O)(=O)C(C)C. The van der Waals surface area contributed by atoms with Crippen molar-refractivity contribution < 1.29 is 8.42 Å². The standard InChI is InChI=1S/C8H20N2O2S/c1-6(2)13(11,12)10-8(4)5-7(3)9/h6-8,10H,5,9H2,1-4H3. The van der Waals surface area contributed by atoms with Crippen LogP contribution in [0.25, 0.3) is 0 Å². The average Bonchev–Trinajstić information content (AvgIpc) is 1.82. The Balaban J connectivity index is 4.13. The molecule has 0 amide bonds. The summed E-state index contributed by atoms with van der Waals surface area (Å²) in [7, 11) is -3.15. The van der Waals surface area contributed by atoms with Crippen LogP contribution in [0.2, 0.25) is 0 Å². The molecule has 0 heterocycles. The Morgan fingerprint density at radius 3 is 2.00 bits per heavy atom.